The van der Waals surface area contributed by atoms with Gasteiger partial charge in [0.15, 0.2) is 11.5 Å². The molecule has 1 aromatic rings. The van der Waals surface area contributed by atoms with Gasteiger partial charge in [0.2, 0.25) is 0 Å². The minimum absolute atomic E-state index is 0.100. The first kappa shape index (κ1) is 15.5. The van der Waals surface area contributed by atoms with Gasteiger partial charge in [-0.05, 0) is 30.9 Å². The molecule has 0 saturated heterocycles. The number of alkyl halides is 2. The van der Waals surface area contributed by atoms with Gasteiger partial charge in [0.05, 0.1) is 20.6 Å². The van der Waals surface area contributed by atoms with Crippen LogP contribution in [0, 0.1) is 5.92 Å². The van der Waals surface area contributed by atoms with Crippen LogP contribution in [0.25, 0.3) is 0 Å². The molecule has 1 fully saturated rings. The Morgan fingerprint density at radius 3 is 2.43 bits per heavy atom. The molecule has 0 radical (unpaired) electrons. The Kier molecular flexibility index (Phi) is 4.65. The van der Waals surface area contributed by atoms with Gasteiger partial charge < -0.3 is 14.6 Å². The van der Waals surface area contributed by atoms with Gasteiger partial charge in [-0.2, -0.15) is 0 Å². The maximum Gasteiger partial charge on any atom is 0.303 e. The highest BCUT2D eigenvalue weighted by atomic mass is 19.3. The van der Waals surface area contributed by atoms with Crippen LogP contribution in [0.1, 0.15) is 42.7 Å². The Labute approximate surface area is 121 Å². The summed E-state index contributed by atoms with van der Waals surface area (Å²) in [5.41, 5.74) is 0.315. The fourth-order valence-corrected chi connectivity index (χ4v) is 2.63. The number of carboxylic acid groups (broad SMARTS) is 1. The molecule has 0 aliphatic heterocycles. The molecule has 1 aliphatic rings. The van der Waals surface area contributed by atoms with Gasteiger partial charge in [-0.1, -0.05) is 0 Å². The number of carbonyl (C=O) groups is 1. The fourth-order valence-electron chi connectivity index (χ4n) is 2.63. The summed E-state index contributed by atoms with van der Waals surface area (Å²) >= 11 is 0. The van der Waals surface area contributed by atoms with Gasteiger partial charge in [-0.15, -0.1) is 0 Å². The second-order valence-electron chi connectivity index (χ2n) is 5.19. The zero-order chi connectivity index (χ0) is 15.6. The lowest BCUT2D eigenvalue weighted by Gasteiger charge is -2.21. The lowest BCUT2D eigenvalue weighted by Crippen LogP contribution is -2.11. The van der Waals surface area contributed by atoms with E-state index in [9.17, 15) is 13.6 Å². The molecule has 116 valence electrons. The molecule has 0 amide bonds. The summed E-state index contributed by atoms with van der Waals surface area (Å²) in [6, 6.07) is 2.58. The van der Waals surface area contributed by atoms with E-state index in [1.54, 1.807) is 0 Å². The SMILES string of the molecule is COc1cc(C(F)F)cc(C(CC(=O)O)C2CC2)c1OC. The van der Waals surface area contributed by atoms with Crippen LogP contribution in [-0.4, -0.2) is 25.3 Å². The molecule has 1 atom stereocenters. The topological polar surface area (TPSA) is 55.8 Å². The van der Waals surface area contributed by atoms with Gasteiger partial charge in [-0.25, -0.2) is 8.78 Å². The van der Waals surface area contributed by atoms with E-state index in [1.165, 1.54) is 26.4 Å². The van der Waals surface area contributed by atoms with Crippen molar-refractivity contribution in [3.05, 3.63) is 23.3 Å². The average molecular weight is 300 g/mol. The minimum Gasteiger partial charge on any atom is -0.493 e. The highest BCUT2D eigenvalue weighted by Gasteiger charge is 2.36. The molecule has 0 spiro atoms. The van der Waals surface area contributed by atoms with Crippen LogP contribution in [0.2, 0.25) is 0 Å². The van der Waals surface area contributed by atoms with Gasteiger partial charge >= 0.3 is 5.97 Å². The lowest BCUT2D eigenvalue weighted by molar-refractivity contribution is -0.137. The molecule has 6 heteroatoms. The van der Waals surface area contributed by atoms with E-state index in [1.807, 2.05) is 0 Å². The van der Waals surface area contributed by atoms with E-state index in [0.717, 1.165) is 12.8 Å². The van der Waals surface area contributed by atoms with Crippen molar-refractivity contribution in [3.63, 3.8) is 0 Å². The average Bonchev–Trinajstić information content (AvgIpc) is 3.27. The van der Waals surface area contributed by atoms with E-state index in [0.29, 0.717) is 11.3 Å². The summed E-state index contributed by atoms with van der Waals surface area (Å²) in [7, 11) is 2.80. The number of aliphatic carboxylic acids is 1. The van der Waals surface area contributed by atoms with Crippen molar-refractivity contribution in [3.8, 4) is 11.5 Å². The van der Waals surface area contributed by atoms with Crippen LogP contribution in [0.4, 0.5) is 8.78 Å². The van der Waals surface area contributed by atoms with Crippen LogP contribution in [-0.2, 0) is 4.79 Å². The smallest absolute Gasteiger partial charge is 0.303 e. The first-order valence-electron chi connectivity index (χ1n) is 6.73. The molecule has 1 N–H and O–H groups in total. The minimum atomic E-state index is -2.65. The first-order valence-corrected chi connectivity index (χ1v) is 6.73. The van der Waals surface area contributed by atoms with Gasteiger partial charge in [0, 0.05) is 17.0 Å². The van der Waals surface area contributed by atoms with E-state index in [-0.39, 0.29) is 29.6 Å². The Hall–Kier alpha value is -1.85. The molecule has 21 heavy (non-hydrogen) atoms. The standard InChI is InChI=1S/C15H18F2O4/c1-20-12-6-9(15(16)17)5-11(14(12)21-2)10(7-13(18)19)8-3-4-8/h5-6,8,10,15H,3-4,7H2,1-2H3,(H,18,19). The molecule has 0 bridgehead atoms. The van der Waals surface area contributed by atoms with Crippen LogP contribution >= 0.6 is 0 Å². The molecule has 0 heterocycles. The van der Waals surface area contributed by atoms with Crippen LogP contribution in [0.3, 0.4) is 0 Å². The maximum absolute atomic E-state index is 13.0. The summed E-state index contributed by atoms with van der Waals surface area (Å²) in [5, 5.41) is 9.07. The lowest BCUT2D eigenvalue weighted by atomic mass is 9.89. The van der Waals surface area contributed by atoms with E-state index < -0.39 is 12.4 Å². The van der Waals surface area contributed by atoms with Crippen molar-refractivity contribution in [2.45, 2.75) is 31.6 Å². The number of ether oxygens (including phenoxy) is 2. The molecule has 2 rings (SSSR count). The number of halogens is 2. The molecular formula is C15H18F2O4. The van der Waals surface area contributed by atoms with Gasteiger partial charge in [-0.3, -0.25) is 4.79 Å². The third-order valence-corrected chi connectivity index (χ3v) is 3.77. The normalized spacial score (nSPS) is 15.9. The monoisotopic (exact) mass is 300 g/mol. The van der Waals surface area contributed by atoms with Crippen molar-refractivity contribution in [1.82, 2.24) is 0 Å². The predicted molar refractivity (Wildman–Crippen MR) is 72.2 cm³/mol. The molecule has 1 unspecified atom stereocenters. The summed E-state index contributed by atoms with van der Waals surface area (Å²) in [6.45, 7) is 0. The molecular weight excluding hydrogens is 282 g/mol. The van der Waals surface area contributed by atoms with Crippen molar-refractivity contribution < 1.29 is 28.2 Å². The quantitative estimate of drug-likeness (QED) is 0.835. The Morgan fingerprint density at radius 1 is 1.33 bits per heavy atom. The zero-order valence-electron chi connectivity index (χ0n) is 11.9. The van der Waals surface area contributed by atoms with Gasteiger partial charge in [0.25, 0.3) is 6.43 Å². The summed E-state index contributed by atoms with van der Waals surface area (Å²) in [6.07, 6.45) is -0.935. The molecule has 1 aromatic carbocycles. The maximum atomic E-state index is 13.0. The van der Waals surface area contributed by atoms with Crippen molar-refractivity contribution in [2.75, 3.05) is 14.2 Å². The van der Waals surface area contributed by atoms with Crippen LogP contribution in [0.5, 0.6) is 11.5 Å². The summed E-state index contributed by atoms with van der Waals surface area (Å²) in [4.78, 5) is 11.1. The largest absolute Gasteiger partial charge is 0.493 e. The second kappa shape index (κ2) is 6.28. The predicted octanol–water partition coefficient (Wildman–Crippen LogP) is 3.61. The molecule has 4 nitrogen and oxygen atoms in total. The van der Waals surface area contributed by atoms with Crippen molar-refractivity contribution in [2.24, 2.45) is 5.92 Å². The summed E-state index contributed by atoms with van der Waals surface area (Å²) in [5.74, 6) is -0.519. The molecule has 1 saturated carbocycles. The van der Waals surface area contributed by atoms with E-state index in [2.05, 4.69) is 0 Å². The van der Waals surface area contributed by atoms with E-state index in [4.69, 9.17) is 14.6 Å². The highest BCUT2D eigenvalue weighted by molar-refractivity contribution is 5.69. The Morgan fingerprint density at radius 2 is 2.00 bits per heavy atom. The molecule has 0 aromatic heterocycles. The second-order valence-corrected chi connectivity index (χ2v) is 5.19. The Balaban J connectivity index is 2.51. The van der Waals surface area contributed by atoms with E-state index >= 15 is 0 Å². The van der Waals surface area contributed by atoms with Gasteiger partial charge in [0.1, 0.15) is 0 Å². The number of benzene rings is 1. The first-order chi connectivity index (χ1) is 9.97. The van der Waals surface area contributed by atoms with Crippen molar-refractivity contribution >= 4 is 5.97 Å². The summed E-state index contributed by atoms with van der Waals surface area (Å²) < 4.78 is 36.5. The van der Waals surface area contributed by atoms with Crippen LogP contribution in [0.15, 0.2) is 12.1 Å². The number of rotatable bonds is 7. The number of methoxy groups -OCH3 is 2. The molecule has 1 aliphatic carbocycles. The van der Waals surface area contributed by atoms with Crippen molar-refractivity contribution in [1.29, 1.82) is 0 Å². The number of hydrogen-bond donors (Lipinski definition) is 1. The third kappa shape index (κ3) is 3.43. The number of carboxylic acids is 1. The highest BCUT2D eigenvalue weighted by Crippen LogP contribution is 2.50. The zero-order valence-corrected chi connectivity index (χ0v) is 11.9. The fraction of sp³-hybridized carbons (Fsp3) is 0.533. The number of hydrogen-bond acceptors (Lipinski definition) is 3. The third-order valence-electron chi connectivity index (χ3n) is 3.77. The van der Waals surface area contributed by atoms with Crippen LogP contribution < -0.4 is 9.47 Å². The Bertz CT molecular complexity index is 527.